The summed E-state index contributed by atoms with van der Waals surface area (Å²) in [5, 5.41) is 5.62. The molecule has 1 fully saturated rings. The van der Waals surface area contributed by atoms with Crippen molar-refractivity contribution in [3.63, 3.8) is 0 Å². The van der Waals surface area contributed by atoms with E-state index in [9.17, 15) is 18.0 Å². The van der Waals surface area contributed by atoms with Gasteiger partial charge in [-0.05, 0) is 19.0 Å². The smallest absolute Gasteiger partial charge is 0.370 e. The van der Waals surface area contributed by atoms with Crippen LogP contribution in [0.3, 0.4) is 0 Å². The molecule has 1 aliphatic heterocycles. The number of rotatable bonds is 6. The number of nitrogens with one attached hydrogen (secondary N) is 2. The summed E-state index contributed by atoms with van der Waals surface area (Å²) in [5.41, 5.74) is 0. The van der Waals surface area contributed by atoms with Crippen LogP contribution in [-0.4, -0.2) is 44.9 Å². The Balaban J connectivity index is 0.00000289. The van der Waals surface area contributed by atoms with Gasteiger partial charge in [-0.3, -0.25) is 4.79 Å². The third kappa shape index (κ3) is 6.42. The largest absolute Gasteiger partial charge is 0.411 e. The van der Waals surface area contributed by atoms with Gasteiger partial charge in [-0.15, -0.1) is 12.4 Å². The molecule has 0 bridgehead atoms. The van der Waals surface area contributed by atoms with Gasteiger partial charge in [0.15, 0.2) is 0 Å². The van der Waals surface area contributed by atoms with E-state index in [0.717, 1.165) is 13.1 Å². The first-order chi connectivity index (χ1) is 7.90. The molecule has 1 atom stereocenters. The van der Waals surface area contributed by atoms with Crippen LogP contribution in [0.25, 0.3) is 0 Å². The minimum Gasteiger partial charge on any atom is -0.370 e. The summed E-state index contributed by atoms with van der Waals surface area (Å²) >= 11 is 0. The molecule has 4 nitrogen and oxygen atoms in total. The summed E-state index contributed by atoms with van der Waals surface area (Å²) in [7, 11) is 0. The summed E-state index contributed by atoms with van der Waals surface area (Å²) in [4.78, 5) is 11.5. The topological polar surface area (TPSA) is 50.4 Å². The van der Waals surface area contributed by atoms with Crippen molar-refractivity contribution in [3.05, 3.63) is 0 Å². The lowest BCUT2D eigenvalue weighted by molar-refractivity contribution is -0.173. The third-order valence-electron chi connectivity index (χ3n) is 2.75. The Morgan fingerprint density at radius 2 is 2.11 bits per heavy atom. The van der Waals surface area contributed by atoms with Gasteiger partial charge in [-0.25, -0.2) is 0 Å². The highest BCUT2D eigenvalue weighted by Crippen LogP contribution is 2.16. The molecule has 8 heteroatoms. The molecule has 1 saturated heterocycles. The number of hydrogen-bond donors (Lipinski definition) is 2. The van der Waals surface area contributed by atoms with Crippen LogP contribution in [0, 0.1) is 11.8 Å². The lowest BCUT2D eigenvalue weighted by Gasteiger charge is -2.31. The van der Waals surface area contributed by atoms with Crippen LogP contribution in [0.5, 0.6) is 0 Å². The molecular formula is C10H18ClF3N2O2. The summed E-state index contributed by atoms with van der Waals surface area (Å²) in [6.07, 6.45) is -4.31. The van der Waals surface area contributed by atoms with E-state index in [2.05, 4.69) is 15.4 Å². The molecule has 0 spiro atoms. The SMILES string of the molecule is CC(C(=O)NCCOCC(F)(F)F)C1CNC1.Cl. The number of ether oxygens (including phenoxy) is 1. The number of carbonyl (C=O) groups excluding carboxylic acids is 1. The fourth-order valence-electron chi connectivity index (χ4n) is 1.47. The average Bonchev–Trinajstić information content (AvgIpc) is 2.12. The van der Waals surface area contributed by atoms with Gasteiger partial charge in [0.2, 0.25) is 5.91 Å². The van der Waals surface area contributed by atoms with Gasteiger partial charge < -0.3 is 15.4 Å². The summed E-state index contributed by atoms with van der Waals surface area (Å²) < 4.78 is 39.5. The van der Waals surface area contributed by atoms with Crippen LogP contribution in [0.2, 0.25) is 0 Å². The average molecular weight is 291 g/mol. The first-order valence-corrected chi connectivity index (χ1v) is 5.53. The molecule has 1 amide bonds. The zero-order chi connectivity index (χ0) is 12.9. The predicted octanol–water partition coefficient (Wildman–Crippen LogP) is 0.959. The molecule has 0 radical (unpaired) electrons. The van der Waals surface area contributed by atoms with Crippen LogP contribution in [-0.2, 0) is 9.53 Å². The first-order valence-electron chi connectivity index (χ1n) is 5.53. The number of amides is 1. The molecule has 2 N–H and O–H groups in total. The van der Waals surface area contributed by atoms with Crippen LogP contribution in [0.15, 0.2) is 0 Å². The van der Waals surface area contributed by atoms with Crippen molar-refractivity contribution in [2.24, 2.45) is 11.8 Å². The molecule has 108 valence electrons. The Hall–Kier alpha value is -0.530. The first kappa shape index (κ1) is 17.5. The number of halogens is 4. The molecule has 0 aromatic rings. The molecular weight excluding hydrogens is 273 g/mol. The van der Waals surface area contributed by atoms with Crippen LogP contribution in [0.1, 0.15) is 6.92 Å². The maximum absolute atomic E-state index is 11.7. The minimum atomic E-state index is -4.31. The zero-order valence-electron chi connectivity index (χ0n) is 10.0. The molecule has 1 heterocycles. The molecule has 0 aromatic heterocycles. The van der Waals surface area contributed by atoms with Gasteiger partial charge in [-0.1, -0.05) is 6.92 Å². The van der Waals surface area contributed by atoms with Crippen molar-refractivity contribution >= 4 is 18.3 Å². The van der Waals surface area contributed by atoms with Crippen molar-refractivity contribution < 1.29 is 22.7 Å². The second-order valence-electron chi connectivity index (χ2n) is 4.17. The monoisotopic (exact) mass is 290 g/mol. The van der Waals surface area contributed by atoms with E-state index in [-0.39, 0.29) is 37.4 Å². The Kier molecular flexibility index (Phi) is 7.58. The standard InChI is InChI=1S/C10H17F3N2O2.ClH/c1-7(8-4-14-5-8)9(16)15-2-3-17-6-10(11,12)13;/h7-8,14H,2-6H2,1H3,(H,15,16);1H. The van der Waals surface area contributed by atoms with E-state index < -0.39 is 12.8 Å². The van der Waals surface area contributed by atoms with Crippen molar-refractivity contribution in [2.45, 2.75) is 13.1 Å². The highest BCUT2D eigenvalue weighted by molar-refractivity contribution is 5.85. The summed E-state index contributed by atoms with van der Waals surface area (Å²) in [6.45, 7) is 2.17. The fraction of sp³-hybridized carbons (Fsp3) is 0.900. The van der Waals surface area contributed by atoms with Gasteiger partial charge in [0, 0.05) is 12.5 Å². The Bertz CT molecular complexity index is 260. The van der Waals surface area contributed by atoms with Gasteiger partial charge in [-0.2, -0.15) is 13.2 Å². The normalized spacial score (nSPS) is 17.6. The van der Waals surface area contributed by atoms with Crippen LogP contribution < -0.4 is 10.6 Å². The van der Waals surface area contributed by atoms with E-state index in [1.165, 1.54) is 0 Å². The minimum absolute atomic E-state index is 0. The third-order valence-corrected chi connectivity index (χ3v) is 2.75. The predicted molar refractivity (Wildman–Crippen MR) is 62.7 cm³/mol. The van der Waals surface area contributed by atoms with Gasteiger partial charge in [0.05, 0.1) is 6.61 Å². The fourth-order valence-corrected chi connectivity index (χ4v) is 1.47. The zero-order valence-corrected chi connectivity index (χ0v) is 10.9. The van der Waals surface area contributed by atoms with Crippen molar-refractivity contribution in [1.82, 2.24) is 10.6 Å². The van der Waals surface area contributed by atoms with E-state index in [1.54, 1.807) is 0 Å². The van der Waals surface area contributed by atoms with E-state index in [1.807, 2.05) is 6.92 Å². The number of carbonyl (C=O) groups is 1. The Morgan fingerprint density at radius 3 is 2.56 bits per heavy atom. The highest BCUT2D eigenvalue weighted by atomic mass is 35.5. The van der Waals surface area contributed by atoms with Crippen molar-refractivity contribution in [2.75, 3.05) is 32.8 Å². The van der Waals surface area contributed by atoms with Crippen LogP contribution >= 0.6 is 12.4 Å². The van der Waals surface area contributed by atoms with Gasteiger partial charge >= 0.3 is 6.18 Å². The van der Waals surface area contributed by atoms with Gasteiger partial charge in [0.25, 0.3) is 0 Å². The number of hydrogen-bond acceptors (Lipinski definition) is 3. The number of alkyl halides is 3. The highest BCUT2D eigenvalue weighted by Gasteiger charge is 2.29. The molecule has 0 aromatic carbocycles. The van der Waals surface area contributed by atoms with E-state index in [0.29, 0.717) is 5.92 Å². The van der Waals surface area contributed by atoms with E-state index >= 15 is 0 Å². The Morgan fingerprint density at radius 1 is 1.50 bits per heavy atom. The molecule has 18 heavy (non-hydrogen) atoms. The lowest BCUT2D eigenvalue weighted by Crippen LogP contribution is -2.49. The lowest BCUT2D eigenvalue weighted by atomic mass is 9.88. The van der Waals surface area contributed by atoms with E-state index in [4.69, 9.17) is 0 Å². The Labute approximate surface area is 110 Å². The maximum Gasteiger partial charge on any atom is 0.411 e. The summed E-state index contributed by atoms with van der Waals surface area (Å²) in [5.74, 6) is 0.0806. The molecule has 0 saturated carbocycles. The van der Waals surface area contributed by atoms with Crippen LogP contribution in [0.4, 0.5) is 13.2 Å². The molecule has 1 rings (SSSR count). The molecule has 0 aliphatic carbocycles. The second-order valence-corrected chi connectivity index (χ2v) is 4.17. The van der Waals surface area contributed by atoms with Crippen molar-refractivity contribution in [1.29, 1.82) is 0 Å². The maximum atomic E-state index is 11.7. The van der Waals surface area contributed by atoms with Crippen molar-refractivity contribution in [3.8, 4) is 0 Å². The quantitative estimate of drug-likeness (QED) is 0.717. The molecule has 1 unspecified atom stereocenters. The molecule has 1 aliphatic rings. The van der Waals surface area contributed by atoms with Gasteiger partial charge in [0.1, 0.15) is 6.61 Å². The second kappa shape index (κ2) is 7.81. The summed E-state index contributed by atoms with van der Waals surface area (Å²) in [6, 6.07) is 0.